The van der Waals surface area contributed by atoms with E-state index in [9.17, 15) is 5.26 Å². The largest absolute Gasteiger partial charge is 0.298 e. The summed E-state index contributed by atoms with van der Waals surface area (Å²) < 4.78 is 0. The van der Waals surface area contributed by atoms with E-state index >= 15 is 0 Å². The van der Waals surface area contributed by atoms with Gasteiger partial charge in [-0.05, 0) is 25.2 Å². The Morgan fingerprint density at radius 3 is 2.40 bits per heavy atom. The molecule has 2 rings (SSSR count). The quantitative estimate of drug-likeness (QED) is 0.772. The fraction of sp³-hybridized carbons (Fsp3) is 0.941. The minimum absolute atomic E-state index is 0.149. The number of rotatable bonds is 5. The van der Waals surface area contributed by atoms with Gasteiger partial charge in [0.1, 0.15) is 0 Å². The van der Waals surface area contributed by atoms with E-state index in [1.807, 2.05) is 0 Å². The zero-order chi connectivity index (χ0) is 14.4. The third kappa shape index (κ3) is 3.74. The van der Waals surface area contributed by atoms with E-state index in [0.29, 0.717) is 0 Å². The number of nitrogens with zero attached hydrogens (tertiary/aromatic N) is 3. The highest BCUT2D eigenvalue weighted by Gasteiger charge is 2.32. The van der Waals surface area contributed by atoms with Crippen LogP contribution in [0.3, 0.4) is 0 Å². The van der Waals surface area contributed by atoms with Crippen LogP contribution in [0.1, 0.15) is 58.8 Å². The van der Waals surface area contributed by atoms with Gasteiger partial charge in [0.15, 0.2) is 0 Å². The fourth-order valence-electron chi connectivity index (χ4n) is 4.13. The highest BCUT2D eigenvalue weighted by Crippen LogP contribution is 2.31. The Balaban J connectivity index is 1.85. The van der Waals surface area contributed by atoms with Crippen LogP contribution in [0.4, 0.5) is 0 Å². The molecule has 0 radical (unpaired) electrons. The maximum atomic E-state index is 9.30. The van der Waals surface area contributed by atoms with Crippen LogP contribution in [-0.2, 0) is 0 Å². The molecule has 114 valence electrons. The van der Waals surface area contributed by atoms with Gasteiger partial charge < -0.3 is 0 Å². The van der Waals surface area contributed by atoms with Crippen LogP contribution in [0.5, 0.6) is 0 Å². The molecule has 1 saturated heterocycles. The zero-order valence-corrected chi connectivity index (χ0v) is 13.4. The van der Waals surface area contributed by atoms with Crippen molar-refractivity contribution in [1.82, 2.24) is 9.80 Å². The fourth-order valence-corrected chi connectivity index (χ4v) is 4.13. The monoisotopic (exact) mass is 277 g/mol. The van der Waals surface area contributed by atoms with Crippen molar-refractivity contribution in [3.8, 4) is 6.07 Å². The predicted octanol–water partition coefficient (Wildman–Crippen LogP) is 3.27. The lowest BCUT2D eigenvalue weighted by Gasteiger charge is -2.45. The summed E-state index contributed by atoms with van der Waals surface area (Å²) in [5.41, 5.74) is 0. The summed E-state index contributed by atoms with van der Waals surface area (Å²) >= 11 is 0. The second-order valence-electron chi connectivity index (χ2n) is 6.53. The first kappa shape index (κ1) is 15.8. The summed E-state index contributed by atoms with van der Waals surface area (Å²) in [5.74, 6) is 0.915. The highest BCUT2D eigenvalue weighted by molar-refractivity contribution is 4.94. The Kier molecular flexibility index (Phi) is 6.32. The van der Waals surface area contributed by atoms with Crippen molar-refractivity contribution < 1.29 is 0 Å². The van der Waals surface area contributed by atoms with E-state index in [1.54, 1.807) is 0 Å². The Morgan fingerprint density at radius 1 is 1.10 bits per heavy atom. The Hall–Kier alpha value is -0.590. The third-order valence-corrected chi connectivity index (χ3v) is 5.36. The molecule has 0 aromatic rings. The van der Waals surface area contributed by atoms with Crippen molar-refractivity contribution in [2.45, 2.75) is 70.9 Å². The van der Waals surface area contributed by atoms with Crippen molar-refractivity contribution in [3.05, 3.63) is 0 Å². The van der Waals surface area contributed by atoms with E-state index in [4.69, 9.17) is 0 Å². The Morgan fingerprint density at radius 2 is 1.80 bits per heavy atom. The molecule has 0 aromatic heterocycles. The van der Waals surface area contributed by atoms with Gasteiger partial charge in [0.2, 0.25) is 0 Å². The molecule has 1 heterocycles. The van der Waals surface area contributed by atoms with Gasteiger partial charge in [0.25, 0.3) is 0 Å². The minimum atomic E-state index is 0.149. The molecule has 0 spiro atoms. The molecule has 0 N–H and O–H groups in total. The predicted molar refractivity (Wildman–Crippen MR) is 83.5 cm³/mol. The van der Waals surface area contributed by atoms with E-state index in [-0.39, 0.29) is 6.04 Å². The van der Waals surface area contributed by atoms with Crippen molar-refractivity contribution in [1.29, 1.82) is 5.26 Å². The summed E-state index contributed by atoms with van der Waals surface area (Å²) in [6.07, 6.45) is 9.14. The SMILES string of the molecule is CCCC(C#N)N1CCN(C2CCCCC2CC)CC1. The number of hydrogen-bond donors (Lipinski definition) is 0. The summed E-state index contributed by atoms with van der Waals surface area (Å²) in [4.78, 5) is 5.13. The summed E-state index contributed by atoms with van der Waals surface area (Å²) in [6.45, 7) is 9.04. The van der Waals surface area contributed by atoms with Crippen LogP contribution in [0.2, 0.25) is 0 Å². The van der Waals surface area contributed by atoms with E-state index in [0.717, 1.165) is 37.9 Å². The van der Waals surface area contributed by atoms with Crippen LogP contribution in [0.25, 0.3) is 0 Å². The molecule has 3 heteroatoms. The van der Waals surface area contributed by atoms with Crippen LogP contribution >= 0.6 is 0 Å². The molecule has 0 aromatic carbocycles. The number of hydrogen-bond acceptors (Lipinski definition) is 3. The molecular formula is C17H31N3. The van der Waals surface area contributed by atoms with E-state index in [2.05, 4.69) is 29.7 Å². The molecule has 3 atom stereocenters. The minimum Gasteiger partial charge on any atom is -0.298 e. The van der Waals surface area contributed by atoms with Crippen molar-refractivity contribution >= 4 is 0 Å². The molecule has 2 aliphatic rings. The molecule has 0 bridgehead atoms. The topological polar surface area (TPSA) is 30.3 Å². The van der Waals surface area contributed by atoms with Crippen LogP contribution in [0, 0.1) is 17.2 Å². The lowest BCUT2D eigenvalue weighted by molar-refractivity contribution is 0.0393. The maximum Gasteiger partial charge on any atom is 0.0978 e. The average molecular weight is 277 g/mol. The summed E-state index contributed by atoms with van der Waals surface area (Å²) in [5, 5.41) is 9.30. The van der Waals surface area contributed by atoms with Crippen molar-refractivity contribution in [2.75, 3.05) is 26.2 Å². The van der Waals surface area contributed by atoms with Gasteiger partial charge in [-0.3, -0.25) is 9.80 Å². The first-order valence-electron chi connectivity index (χ1n) is 8.67. The second-order valence-corrected chi connectivity index (χ2v) is 6.53. The van der Waals surface area contributed by atoms with Crippen LogP contribution in [0.15, 0.2) is 0 Å². The van der Waals surface area contributed by atoms with Gasteiger partial charge in [-0.15, -0.1) is 0 Å². The van der Waals surface area contributed by atoms with E-state index < -0.39 is 0 Å². The molecule has 1 aliphatic carbocycles. The summed E-state index contributed by atoms with van der Waals surface area (Å²) in [7, 11) is 0. The van der Waals surface area contributed by atoms with Crippen molar-refractivity contribution in [2.24, 2.45) is 5.92 Å². The van der Waals surface area contributed by atoms with Gasteiger partial charge >= 0.3 is 0 Å². The number of nitriles is 1. The number of piperazine rings is 1. The van der Waals surface area contributed by atoms with Gasteiger partial charge in [0.05, 0.1) is 12.1 Å². The first-order chi connectivity index (χ1) is 9.80. The molecule has 3 nitrogen and oxygen atoms in total. The lowest BCUT2D eigenvalue weighted by Crippen LogP contribution is -2.54. The molecule has 0 amide bonds. The van der Waals surface area contributed by atoms with E-state index in [1.165, 1.54) is 45.2 Å². The molecular weight excluding hydrogens is 246 g/mol. The first-order valence-corrected chi connectivity index (χ1v) is 8.67. The third-order valence-electron chi connectivity index (χ3n) is 5.36. The Bertz CT molecular complexity index is 315. The normalized spacial score (nSPS) is 30.9. The van der Waals surface area contributed by atoms with Gasteiger partial charge in [0, 0.05) is 32.2 Å². The standard InChI is InChI=1S/C17H31N3/c1-3-7-16(14-18)19-10-12-20(13-11-19)17-9-6-5-8-15(17)4-2/h15-17H,3-13H2,1-2H3. The molecule has 2 fully saturated rings. The molecule has 1 saturated carbocycles. The van der Waals surface area contributed by atoms with Crippen LogP contribution < -0.4 is 0 Å². The summed E-state index contributed by atoms with van der Waals surface area (Å²) in [6, 6.07) is 3.46. The van der Waals surface area contributed by atoms with Crippen molar-refractivity contribution in [3.63, 3.8) is 0 Å². The van der Waals surface area contributed by atoms with Gasteiger partial charge in [-0.2, -0.15) is 5.26 Å². The lowest BCUT2D eigenvalue weighted by atomic mass is 9.81. The molecule has 20 heavy (non-hydrogen) atoms. The molecule has 1 aliphatic heterocycles. The molecule has 3 unspecified atom stereocenters. The van der Waals surface area contributed by atoms with Gasteiger partial charge in [-0.25, -0.2) is 0 Å². The second kappa shape index (κ2) is 8.00. The maximum absolute atomic E-state index is 9.30. The average Bonchev–Trinajstić information content (AvgIpc) is 2.53. The smallest absolute Gasteiger partial charge is 0.0978 e. The highest BCUT2D eigenvalue weighted by atomic mass is 15.3. The zero-order valence-electron chi connectivity index (χ0n) is 13.4. The van der Waals surface area contributed by atoms with Gasteiger partial charge in [-0.1, -0.05) is 39.5 Å². The van der Waals surface area contributed by atoms with Crippen LogP contribution in [-0.4, -0.2) is 48.1 Å². The Labute approximate surface area is 124 Å².